The average Bonchev–Trinajstić information content (AvgIpc) is 3.28. The van der Waals surface area contributed by atoms with Gasteiger partial charge in [0.25, 0.3) is 0 Å². The van der Waals surface area contributed by atoms with Crippen LogP contribution in [0.25, 0.3) is 0 Å². The minimum absolute atomic E-state index is 0.0356. The van der Waals surface area contributed by atoms with Gasteiger partial charge in [-0.15, -0.1) is 0 Å². The van der Waals surface area contributed by atoms with Crippen molar-refractivity contribution in [2.45, 2.75) is 65.5 Å². The van der Waals surface area contributed by atoms with Crippen molar-refractivity contribution in [3.8, 4) is 0 Å². The zero-order chi connectivity index (χ0) is 26.7. The Morgan fingerprint density at radius 2 is 2.03 bits per heavy atom. The van der Waals surface area contributed by atoms with Gasteiger partial charge in [-0.2, -0.15) is 5.10 Å². The van der Waals surface area contributed by atoms with Gasteiger partial charge in [-0.25, -0.2) is 13.8 Å². The van der Waals surface area contributed by atoms with Gasteiger partial charge in [0.2, 0.25) is 0 Å². The molecule has 0 spiro atoms. The number of aromatic nitrogens is 3. The molecule has 7 nitrogen and oxygen atoms in total. The Hall–Kier alpha value is -3.04. The molecule has 10 heteroatoms. The maximum absolute atomic E-state index is 15.4. The second-order valence-electron chi connectivity index (χ2n) is 9.80. The van der Waals surface area contributed by atoms with E-state index in [0.717, 1.165) is 5.69 Å². The Kier molecular flexibility index (Phi) is 8.14. The first kappa shape index (κ1) is 27.0. The first-order chi connectivity index (χ1) is 17.7. The lowest BCUT2D eigenvalue weighted by Gasteiger charge is -2.44. The van der Waals surface area contributed by atoms with Crippen molar-refractivity contribution < 1.29 is 18.7 Å². The molecular formula is C27H32ClF2N5O2. The highest BCUT2D eigenvalue weighted by Crippen LogP contribution is 2.41. The van der Waals surface area contributed by atoms with Gasteiger partial charge in [0.15, 0.2) is 5.82 Å². The molecule has 37 heavy (non-hydrogen) atoms. The van der Waals surface area contributed by atoms with E-state index in [9.17, 15) is 14.3 Å². The molecule has 0 aliphatic carbocycles. The number of piperidine rings is 1. The highest BCUT2D eigenvalue weighted by Gasteiger charge is 2.46. The summed E-state index contributed by atoms with van der Waals surface area (Å²) >= 11 is 5.96. The van der Waals surface area contributed by atoms with Gasteiger partial charge in [0.05, 0.1) is 16.1 Å². The standard InChI is InChI=1S/C27H32ClF2N5O2/c1-4-17-12-22(32-23-11-16(3)33-34-23)31-21(25(17)30)14-27(26(36)37)9-10-35(19(5-2)13-27)15-18-7-6-8-20(28)24(18)29/h6-8,11-12,19H,4-5,9-10,13-15H2,1-3H3,(H,36,37)(H2,31,32,33,34)/t19-,27-/m1/s1. The van der Waals surface area contributed by atoms with Crippen LogP contribution in [0.4, 0.5) is 20.4 Å². The highest BCUT2D eigenvalue weighted by molar-refractivity contribution is 6.30. The fourth-order valence-electron chi connectivity index (χ4n) is 5.17. The number of nitrogens with one attached hydrogen (secondary N) is 2. The number of aromatic amines is 1. The van der Waals surface area contributed by atoms with Crippen molar-refractivity contribution in [1.82, 2.24) is 20.1 Å². The number of aryl methyl sites for hydroxylation is 2. The van der Waals surface area contributed by atoms with E-state index in [0.29, 0.717) is 61.5 Å². The van der Waals surface area contributed by atoms with Crippen molar-refractivity contribution in [3.05, 3.63) is 69.5 Å². The van der Waals surface area contributed by atoms with E-state index in [1.54, 1.807) is 24.3 Å². The number of H-pyrrole nitrogens is 1. The largest absolute Gasteiger partial charge is 0.481 e. The number of rotatable bonds is 9. The van der Waals surface area contributed by atoms with Crippen LogP contribution >= 0.6 is 11.6 Å². The average molecular weight is 532 g/mol. The van der Waals surface area contributed by atoms with Gasteiger partial charge >= 0.3 is 5.97 Å². The van der Waals surface area contributed by atoms with Crippen molar-refractivity contribution in [2.24, 2.45) is 5.41 Å². The molecule has 198 valence electrons. The molecule has 2 atom stereocenters. The smallest absolute Gasteiger partial charge is 0.310 e. The van der Waals surface area contributed by atoms with Crippen LogP contribution in [-0.2, 0) is 24.2 Å². The van der Waals surface area contributed by atoms with Crippen LogP contribution in [0.15, 0.2) is 30.3 Å². The first-order valence-electron chi connectivity index (χ1n) is 12.5. The summed E-state index contributed by atoms with van der Waals surface area (Å²) in [5.74, 6) is -0.932. The fourth-order valence-corrected chi connectivity index (χ4v) is 5.36. The van der Waals surface area contributed by atoms with E-state index < -0.39 is 23.0 Å². The maximum Gasteiger partial charge on any atom is 0.310 e. The SMILES string of the molecule is CCc1cc(Nc2cc(C)[nH]n2)nc(C[C@@]2(C(=O)O)CCN(Cc3cccc(Cl)c3F)[C@H](CC)C2)c1F. The van der Waals surface area contributed by atoms with Crippen LogP contribution < -0.4 is 5.32 Å². The molecule has 0 bridgehead atoms. The van der Waals surface area contributed by atoms with Crippen molar-refractivity contribution >= 4 is 29.2 Å². The normalized spacial score (nSPS) is 20.2. The lowest BCUT2D eigenvalue weighted by Crippen LogP contribution is -2.50. The van der Waals surface area contributed by atoms with Crippen LogP contribution in [0.1, 0.15) is 55.6 Å². The van der Waals surface area contributed by atoms with Crippen LogP contribution in [0.2, 0.25) is 5.02 Å². The number of anilines is 2. The number of hydrogen-bond acceptors (Lipinski definition) is 5. The summed E-state index contributed by atoms with van der Waals surface area (Å²) in [5, 5.41) is 20.5. The minimum atomic E-state index is -1.19. The molecule has 1 aliphatic rings. The van der Waals surface area contributed by atoms with E-state index in [1.165, 1.54) is 6.07 Å². The highest BCUT2D eigenvalue weighted by atomic mass is 35.5. The molecule has 2 aromatic heterocycles. The molecule has 1 aromatic carbocycles. The summed E-state index contributed by atoms with van der Waals surface area (Å²) in [4.78, 5) is 19.3. The monoisotopic (exact) mass is 531 g/mol. The van der Waals surface area contributed by atoms with Crippen LogP contribution in [0, 0.1) is 24.0 Å². The number of benzene rings is 1. The number of nitrogens with zero attached hydrogens (tertiary/aromatic N) is 3. The maximum atomic E-state index is 15.4. The van der Waals surface area contributed by atoms with Gasteiger partial charge in [0.1, 0.15) is 17.5 Å². The summed E-state index contributed by atoms with van der Waals surface area (Å²) in [6, 6.07) is 8.22. The predicted octanol–water partition coefficient (Wildman–Crippen LogP) is 6.04. The fraction of sp³-hybridized carbons (Fsp3) is 0.444. The second-order valence-corrected chi connectivity index (χ2v) is 10.2. The molecule has 3 aromatic rings. The molecular weight excluding hydrogens is 500 g/mol. The molecule has 0 unspecified atom stereocenters. The topological polar surface area (TPSA) is 94.1 Å². The van der Waals surface area contributed by atoms with Crippen molar-refractivity contribution in [2.75, 3.05) is 11.9 Å². The lowest BCUT2D eigenvalue weighted by atomic mass is 9.71. The molecule has 1 aliphatic heterocycles. The van der Waals surface area contributed by atoms with Gasteiger partial charge < -0.3 is 10.4 Å². The molecule has 0 saturated carbocycles. The third kappa shape index (κ3) is 5.78. The van der Waals surface area contributed by atoms with Gasteiger partial charge in [-0.3, -0.25) is 14.8 Å². The Bertz CT molecular complexity index is 1280. The van der Waals surface area contributed by atoms with Gasteiger partial charge in [-0.05, 0) is 56.8 Å². The lowest BCUT2D eigenvalue weighted by molar-refractivity contribution is -0.154. The number of hydrogen-bond donors (Lipinski definition) is 3. The van der Waals surface area contributed by atoms with Crippen LogP contribution in [0.5, 0.6) is 0 Å². The number of likely N-dealkylation sites (tertiary alicyclic amines) is 1. The molecule has 3 N–H and O–H groups in total. The number of carbonyl (C=O) groups is 1. The Morgan fingerprint density at radius 1 is 1.24 bits per heavy atom. The summed E-state index contributed by atoms with van der Waals surface area (Å²) in [6.07, 6.45) is 1.67. The number of carboxylic acid groups (broad SMARTS) is 1. The molecule has 1 fully saturated rings. The van der Waals surface area contributed by atoms with Crippen molar-refractivity contribution in [1.29, 1.82) is 0 Å². The third-order valence-corrected chi connectivity index (χ3v) is 7.59. The Morgan fingerprint density at radius 3 is 2.68 bits per heavy atom. The van der Waals surface area contributed by atoms with Crippen LogP contribution in [0.3, 0.4) is 0 Å². The quantitative estimate of drug-likeness (QED) is 0.312. The number of aliphatic carboxylic acids is 1. The number of halogens is 3. The first-order valence-corrected chi connectivity index (χ1v) is 12.9. The van der Waals surface area contributed by atoms with Crippen LogP contribution in [-0.4, -0.2) is 43.7 Å². The van der Waals surface area contributed by atoms with E-state index in [-0.39, 0.29) is 23.2 Å². The summed E-state index contributed by atoms with van der Waals surface area (Å²) in [6.45, 7) is 6.46. The van der Waals surface area contributed by atoms with Gasteiger partial charge in [0, 0.05) is 36.3 Å². The Labute approximate surface area is 220 Å². The van der Waals surface area contributed by atoms with E-state index in [4.69, 9.17) is 11.6 Å². The summed E-state index contributed by atoms with van der Waals surface area (Å²) < 4.78 is 30.0. The second kappa shape index (κ2) is 11.1. The molecule has 1 saturated heterocycles. The molecule has 4 rings (SSSR count). The summed E-state index contributed by atoms with van der Waals surface area (Å²) in [7, 11) is 0. The van der Waals surface area contributed by atoms with E-state index in [1.807, 2.05) is 20.8 Å². The zero-order valence-corrected chi connectivity index (χ0v) is 22.0. The van der Waals surface area contributed by atoms with E-state index in [2.05, 4.69) is 25.4 Å². The Balaban J connectivity index is 1.60. The number of pyridine rings is 1. The summed E-state index contributed by atoms with van der Waals surface area (Å²) in [5.41, 5.74) is 0.730. The zero-order valence-electron chi connectivity index (χ0n) is 21.2. The van der Waals surface area contributed by atoms with Gasteiger partial charge in [-0.1, -0.05) is 37.6 Å². The van der Waals surface area contributed by atoms with Crippen molar-refractivity contribution in [3.63, 3.8) is 0 Å². The van der Waals surface area contributed by atoms with E-state index >= 15 is 4.39 Å². The molecule has 0 amide bonds. The predicted molar refractivity (Wildman–Crippen MR) is 139 cm³/mol. The number of carboxylic acids is 1. The third-order valence-electron chi connectivity index (χ3n) is 7.30. The molecule has 0 radical (unpaired) electrons. The minimum Gasteiger partial charge on any atom is -0.481 e. The molecule has 3 heterocycles.